The molecule has 0 spiro atoms. The van der Waals surface area contributed by atoms with Crippen molar-refractivity contribution in [3.05, 3.63) is 0 Å². The smallest absolute Gasteiger partial charge is 0.00853 e. The Morgan fingerprint density at radius 2 is 1.71 bits per heavy atom. The fraction of sp³-hybridized carbons (Fsp3) is 1.00. The third-order valence-electron chi connectivity index (χ3n) is 4.19. The van der Waals surface area contributed by atoms with Crippen LogP contribution in [0, 0.1) is 0 Å². The van der Waals surface area contributed by atoms with E-state index in [4.69, 9.17) is 0 Å². The van der Waals surface area contributed by atoms with Crippen molar-refractivity contribution in [3.8, 4) is 0 Å². The molecule has 2 aliphatic rings. The average Bonchev–Trinajstić information content (AvgIpc) is 2.56. The average molecular weight is 256 g/mol. The molecule has 1 N–H and O–H groups in total. The Hall–Kier alpha value is 0.270. The molecule has 2 aliphatic heterocycles. The lowest BCUT2D eigenvalue weighted by Crippen LogP contribution is -2.41. The highest BCUT2D eigenvalue weighted by Gasteiger charge is 2.21. The highest BCUT2D eigenvalue weighted by Crippen LogP contribution is 2.20. The summed E-state index contributed by atoms with van der Waals surface area (Å²) in [5.41, 5.74) is 0. The first-order valence-corrected chi connectivity index (χ1v) is 8.49. The fourth-order valence-electron chi connectivity index (χ4n) is 3.00. The Balaban J connectivity index is 1.74. The van der Waals surface area contributed by atoms with E-state index in [1.165, 1.54) is 56.7 Å². The summed E-state index contributed by atoms with van der Waals surface area (Å²) in [4.78, 5) is 2.64. The molecular formula is C14H28N2S. The lowest BCUT2D eigenvalue weighted by atomic mass is 10.1. The van der Waals surface area contributed by atoms with Gasteiger partial charge in [-0.3, -0.25) is 0 Å². The third-order valence-corrected chi connectivity index (χ3v) is 5.23. The van der Waals surface area contributed by atoms with E-state index < -0.39 is 0 Å². The molecule has 100 valence electrons. The molecule has 2 heterocycles. The van der Waals surface area contributed by atoms with E-state index in [9.17, 15) is 0 Å². The second kappa shape index (κ2) is 7.01. The maximum Gasteiger partial charge on any atom is 0.00853 e. The van der Waals surface area contributed by atoms with Crippen molar-refractivity contribution < 1.29 is 0 Å². The van der Waals surface area contributed by atoms with Gasteiger partial charge in [-0.15, -0.1) is 0 Å². The zero-order chi connectivity index (χ0) is 12.1. The SMILES string of the molecule is CC(C)N1CCCC(NC2CCSCC2)CC1. The molecule has 0 aliphatic carbocycles. The predicted molar refractivity (Wildman–Crippen MR) is 77.8 cm³/mol. The van der Waals surface area contributed by atoms with Gasteiger partial charge in [-0.2, -0.15) is 11.8 Å². The molecule has 1 atom stereocenters. The molecule has 0 aromatic heterocycles. The van der Waals surface area contributed by atoms with Gasteiger partial charge in [0.05, 0.1) is 0 Å². The zero-order valence-electron chi connectivity index (χ0n) is 11.5. The Bertz CT molecular complexity index is 214. The molecule has 0 amide bonds. The number of rotatable bonds is 3. The van der Waals surface area contributed by atoms with E-state index in [1.807, 2.05) is 0 Å². The fourth-order valence-corrected chi connectivity index (χ4v) is 4.11. The number of likely N-dealkylation sites (tertiary alicyclic amines) is 1. The Morgan fingerprint density at radius 1 is 1.00 bits per heavy atom. The molecule has 0 radical (unpaired) electrons. The van der Waals surface area contributed by atoms with Gasteiger partial charge >= 0.3 is 0 Å². The minimum Gasteiger partial charge on any atom is -0.311 e. The predicted octanol–water partition coefficient (Wildman–Crippen LogP) is 2.73. The monoisotopic (exact) mass is 256 g/mol. The largest absolute Gasteiger partial charge is 0.311 e. The number of nitrogens with one attached hydrogen (secondary N) is 1. The van der Waals surface area contributed by atoms with E-state index in [0.717, 1.165) is 18.1 Å². The second-order valence-corrected chi connectivity index (χ2v) is 7.04. The molecule has 2 rings (SSSR count). The molecule has 0 aromatic carbocycles. The zero-order valence-corrected chi connectivity index (χ0v) is 12.3. The third kappa shape index (κ3) is 4.46. The van der Waals surface area contributed by atoms with Crippen LogP contribution in [0.3, 0.4) is 0 Å². The van der Waals surface area contributed by atoms with Gasteiger partial charge in [0, 0.05) is 18.1 Å². The maximum atomic E-state index is 3.92. The van der Waals surface area contributed by atoms with Gasteiger partial charge in [-0.25, -0.2) is 0 Å². The molecule has 0 aromatic rings. The number of hydrogen-bond acceptors (Lipinski definition) is 3. The van der Waals surface area contributed by atoms with Gasteiger partial charge in [0.2, 0.25) is 0 Å². The van der Waals surface area contributed by atoms with Crippen molar-refractivity contribution in [2.75, 3.05) is 24.6 Å². The summed E-state index contributed by atoms with van der Waals surface area (Å²) in [5, 5.41) is 3.92. The van der Waals surface area contributed by atoms with Gasteiger partial charge in [-0.05, 0) is 70.5 Å². The van der Waals surface area contributed by atoms with Crippen LogP contribution in [-0.4, -0.2) is 47.6 Å². The van der Waals surface area contributed by atoms with Crippen molar-refractivity contribution in [1.82, 2.24) is 10.2 Å². The maximum absolute atomic E-state index is 3.92. The van der Waals surface area contributed by atoms with Gasteiger partial charge in [-0.1, -0.05) is 0 Å². The molecule has 0 saturated carbocycles. The van der Waals surface area contributed by atoms with E-state index >= 15 is 0 Å². The first kappa shape index (κ1) is 13.7. The molecule has 1 unspecified atom stereocenters. The second-order valence-electron chi connectivity index (χ2n) is 5.81. The summed E-state index contributed by atoms with van der Waals surface area (Å²) in [6.45, 7) is 7.24. The number of hydrogen-bond donors (Lipinski definition) is 1. The quantitative estimate of drug-likeness (QED) is 0.836. The lowest BCUT2D eigenvalue weighted by Gasteiger charge is -2.28. The Labute approximate surface area is 111 Å². The topological polar surface area (TPSA) is 15.3 Å². The molecule has 0 bridgehead atoms. The summed E-state index contributed by atoms with van der Waals surface area (Å²) < 4.78 is 0. The number of thioether (sulfide) groups is 1. The van der Waals surface area contributed by atoms with Crippen molar-refractivity contribution in [1.29, 1.82) is 0 Å². The molecular weight excluding hydrogens is 228 g/mol. The van der Waals surface area contributed by atoms with E-state index in [0.29, 0.717) is 0 Å². The van der Waals surface area contributed by atoms with Crippen molar-refractivity contribution in [2.24, 2.45) is 0 Å². The first-order valence-electron chi connectivity index (χ1n) is 7.33. The van der Waals surface area contributed by atoms with Crippen LogP contribution in [0.4, 0.5) is 0 Å². The highest BCUT2D eigenvalue weighted by molar-refractivity contribution is 7.99. The van der Waals surface area contributed by atoms with Crippen LogP contribution in [0.2, 0.25) is 0 Å². The van der Waals surface area contributed by atoms with Crippen LogP contribution in [0.25, 0.3) is 0 Å². The van der Waals surface area contributed by atoms with E-state index in [1.54, 1.807) is 0 Å². The van der Waals surface area contributed by atoms with Crippen LogP contribution in [0.15, 0.2) is 0 Å². The van der Waals surface area contributed by atoms with E-state index in [-0.39, 0.29) is 0 Å². The lowest BCUT2D eigenvalue weighted by molar-refractivity contribution is 0.228. The standard InChI is InChI=1S/C14H28N2S/c1-12(2)16-8-3-4-13(5-9-16)15-14-6-10-17-11-7-14/h12-15H,3-11H2,1-2H3. The Kier molecular flexibility index (Phi) is 5.64. The van der Waals surface area contributed by atoms with Gasteiger partial charge in [0.15, 0.2) is 0 Å². The molecule has 2 nitrogen and oxygen atoms in total. The van der Waals surface area contributed by atoms with Gasteiger partial charge < -0.3 is 10.2 Å². The van der Waals surface area contributed by atoms with Crippen molar-refractivity contribution >= 4 is 11.8 Å². The summed E-state index contributed by atoms with van der Waals surface area (Å²) in [6, 6.07) is 2.32. The van der Waals surface area contributed by atoms with Crippen LogP contribution in [-0.2, 0) is 0 Å². The van der Waals surface area contributed by atoms with Crippen LogP contribution >= 0.6 is 11.8 Å². The Morgan fingerprint density at radius 3 is 2.41 bits per heavy atom. The van der Waals surface area contributed by atoms with Crippen molar-refractivity contribution in [3.63, 3.8) is 0 Å². The first-order chi connectivity index (χ1) is 8.25. The van der Waals surface area contributed by atoms with Gasteiger partial charge in [0.25, 0.3) is 0 Å². The van der Waals surface area contributed by atoms with Gasteiger partial charge in [0.1, 0.15) is 0 Å². The van der Waals surface area contributed by atoms with Crippen LogP contribution in [0.1, 0.15) is 46.0 Å². The minimum absolute atomic E-state index is 0.722. The minimum atomic E-state index is 0.722. The summed E-state index contributed by atoms with van der Waals surface area (Å²) in [7, 11) is 0. The summed E-state index contributed by atoms with van der Waals surface area (Å²) in [5.74, 6) is 2.73. The molecule has 2 saturated heterocycles. The van der Waals surface area contributed by atoms with Crippen molar-refractivity contribution in [2.45, 2.75) is 64.1 Å². The molecule has 17 heavy (non-hydrogen) atoms. The molecule has 2 fully saturated rings. The summed E-state index contributed by atoms with van der Waals surface area (Å²) >= 11 is 2.12. The normalized spacial score (nSPS) is 29.5. The number of nitrogens with zero attached hydrogens (tertiary/aromatic N) is 1. The van der Waals surface area contributed by atoms with Crippen LogP contribution in [0.5, 0.6) is 0 Å². The summed E-state index contributed by atoms with van der Waals surface area (Å²) in [6.07, 6.45) is 6.87. The highest BCUT2D eigenvalue weighted by atomic mass is 32.2. The van der Waals surface area contributed by atoms with E-state index in [2.05, 4.69) is 35.8 Å². The molecule has 3 heteroatoms. The van der Waals surface area contributed by atoms with Crippen LogP contribution < -0.4 is 5.32 Å².